The van der Waals surface area contributed by atoms with Crippen LogP contribution < -0.4 is 10.1 Å². The van der Waals surface area contributed by atoms with Crippen molar-refractivity contribution >= 4 is 29.4 Å². The molecule has 1 aromatic heterocycles. The fraction of sp³-hybridized carbons (Fsp3) is 0.296. The van der Waals surface area contributed by atoms with E-state index in [0.717, 1.165) is 61.0 Å². The average molecular weight is 495 g/mol. The quantitative estimate of drug-likeness (QED) is 0.371. The average Bonchev–Trinajstić information content (AvgIpc) is 3.23. The molecule has 0 saturated carbocycles. The minimum absolute atomic E-state index is 0. The van der Waals surface area contributed by atoms with E-state index in [1.165, 1.54) is 5.56 Å². The number of nitrogens with zero attached hydrogens (tertiary/aromatic N) is 3. The highest BCUT2D eigenvalue weighted by Crippen LogP contribution is 2.33. The van der Waals surface area contributed by atoms with Gasteiger partial charge < -0.3 is 24.5 Å². The Morgan fingerprint density at radius 1 is 0.971 bits per heavy atom. The van der Waals surface area contributed by atoms with Crippen molar-refractivity contribution in [3.63, 3.8) is 0 Å². The molecule has 0 atom stereocenters. The molecule has 0 radical (unpaired) electrons. The summed E-state index contributed by atoms with van der Waals surface area (Å²) in [6.07, 6.45) is 0. The number of hydrogen-bond donors (Lipinski definition) is 2. The van der Waals surface area contributed by atoms with Crippen molar-refractivity contribution in [2.24, 2.45) is 0 Å². The second-order valence-electron chi connectivity index (χ2n) is 8.54. The number of aromatic nitrogens is 2. The van der Waals surface area contributed by atoms with Crippen LogP contribution in [-0.2, 0) is 24.4 Å². The number of phenols is 1. The lowest BCUT2D eigenvalue weighted by atomic mass is 10.1. The Balaban J connectivity index is 0.00000289. The van der Waals surface area contributed by atoms with Crippen LogP contribution in [0, 0.1) is 0 Å². The van der Waals surface area contributed by atoms with Crippen LogP contribution in [0.4, 0.5) is 5.95 Å². The lowest BCUT2D eigenvalue weighted by Crippen LogP contribution is -2.35. The first-order valence-electron chi connectivity index (χ1n) is 11.6. The molecule has 1 fully saturated rings. The highest BCUT2D eigenvalue weighted by Gasteiger charge is 2.17. The number of nitrogens with one attached hydrogen (secondary N) is 1. The summed E-state index contributed by atoms with van der Waals surface area (Å²) < 4.78 is 13.1. The van der Waals surface area contributed by atoms with Crippen LogP contribution in [0.1, 0.15) is 16.7 Å². The van der Waals surface area contributed by atoms with Gasteiger partial charge in [-0.25, -0.2) is 4.98 Å². The molecule has 7 nitrogen and oxygen atoms in total. The summed E-state index contributed by atoms with van der Waals surface area (Å²) >= 11 is 0. The maximum Gasteiger partial charge on any atom is 0.204 e. The molecule has 8 heteroatoms. The Labute approximate surface area is 211 Å². The third-order valence-electron chi connectivity index (χ3n) is 6.22. The smallest absolute Gasteiger partial charge is 0.204 e. The molecule has 184 valence electrons. The van der Waals surface area contributed by atoms with Gasteiger partial charge in [0.15, 0.2) is 11.5 Å². The van der Waals surface area contributed by atoms with Crippen LogP contribution in [0.25, 0.3) is 11.0 Å². The van der Waals surface area contributed by atoms with Crippen LogP contribution in [0.5, 0.6) is 11.5 Å². The van der Waals surface area contributed by atoms with Gasteiger partial charge in [-0.05, 0) is 35.4 Å². The number of imidazole rings is 1. The molecule has 35 heavy (non-hydrogen) atoms. The van der Waals surface area contributed by atoms with Crippen molar-refractivity contribution < 1.29 is 14.6 Å². The van der Waals surface area contributed by atoms with Gasteiger partial charge in [0.25, 0.3) is 0 Å². The third-order valence-corrected chi connectivity index (χ3v) is 6.22. The summed E-state index contributed by atoms with van der Waals surface area (Å²) in [7, 11) is 1.59. The zero-order chi connectivity index (χ0) is 23.3. The second kappa shape index (κ2) is 11.4. The van der Waals surface area contributed by atoms with Crippen LogP contribution in [0.2, 0.25) is 0 Å². The van der Waals surface area contributed by atoms with E-state index >= 15 is 0 Å². The molecule has 0 amide bonds. The van der Waals surface area contributed by atoms with E-state index in [9.17, 15) is 5.11 Å². The number of rotatable bonds is 8. The number of fused-ring (bicyclic) bond motifs is 1. The van der Waals surface area contributed by atoms with Crippen molar-refractivity contribution in [3.8, 4) is 11.5 Å². The maximum absolute atomic E-state index is 10.7. The first-order chi connectivity index (χ1) is 16.7. The Hall–Kier alpha value is -3.26. The topological polar surface area (TPSA) is 71.8 Å². The van der Waals surface area contributed by atoms with E-state index in [-0.39, 0.29) is 18.2 Å². The monoisotopic (exact) mass is 494 g/mol. The number of phenolic OH excluding ortho intramolecular Hbond substituents is 1. The molecule has 2 heterocycles. The van der Waals surface area contributed by atoms with E-state index in [2.05, 4.69) is 45.1 Å². The number of para-hydroxylation sites is 2. The van der Waals surface area contributed by atoms with Gasteiger partial charge in [-0.3, -0.25) is 4.90 Å². The van der Waals surface area contributed by atoms with Crippen molar-refractivity contribution in [1.82, 2.24) is 14.5 Å². The number of morpholine rings is 1. The fourth-order valence-electron chi connectivity index (χ4n) is 4.42. The lowest BCUT2D eigenvalue weighted by Gasteiger charge is -2.27. The molecule has 1 aliphatic heterocycles. The predicted molar refractivity (Wildman–Crippen MR) is 141 cm³/mol. The van der Waals surface area contributed by atoms with Crippen molar-refractivity contribution in [2.45, 2.75) is 19.6 Å². The molecule has 1 saturated heterocycles. The maximum atomic E-state index is 10.7. The largest absolute Gasteiger partial charge is 0.504 e. The normalized spacial score (nSPS) is 14.0. The molecule has 5 rings (SSSR count). The molecule has 0 unspecified atom stereocenters. The molecular weight excluding hydrogens is 464 g/mol. The summed E-state index contributed by atoms with van der Waals surface area (Å²) in [6, 6.07) is 22.5. The highest BCUT2D eigenvalue weighted by atomic mass is 35.5. The Bertz CT molecular complexity index is 1260. The third kappa shape index (κ3) is 5.70. The predicted octanol–water partition coefficient (Wildman–Crippen LogP) is 4.66. The first kappa shape index (κ1) is 24.9. The fourth-order valence-corrected chi connectivity index (χ4v) is 4.42. The van der Waals surface area contributed by atoms with Gasteiger partial charge in [0, 0.05) is 31.7 Å². The van der Waals surface area contributed by atoms with E-state index < -0.39 is 0 Å². The van der Waals surface area contributed by atoms with Crippen LogP contribution >= 0.6 is 12.4 Å². The van der Waals surface area contributed by atoms with Crippen LogP contribution in [-0.4, -0.2) is 53.0 Å². The Kier molecular flexibility index (Phi) is 8.13. The van der Waals surface area contributed by atoms with Crippen LogP contribution in [0.15, 0.2) is 66.7 Å². The van der Waals surface area contributed by atoms with Gasteiger partial charge in [0.1, 0.15) is 0 Å². The van der Waals surface area contributed by atoms with Crippen molar-refractivity contribution in [3.05, 3.63) is 83.4 Å². The number of anilines is 1. The van der Waals surface area contributed by atoms with E-state index in [4.69, 9.17) is 14.5 Å². The minimum Gasteiger partial charge on any atom is -0.504 e. The second-order valence-corrected chi connectivity index (χ2v) is 8.54. The lowest BCUT2D eigenvalue weighted by molar-refractivity contribution is 0.0338. The molecule has 1 aliphatic rings. The summed E-state index contributed by atoms with van der Waals surface area (Å²) in [6.45, 7) is 5.09. The zero-order valence-corrected chi connectivity index (χ0v) is 20.6. The zero-order valence-electron chi connectivity index (χ0n) is 19.8. The number of hydrogen-bond acceptors (Lipinski definition) is 6. The molecular formula is C27H31ClN4O3. The SMILES string of the molecule is COc1cc(CNc2nc3ccccc3n2Cc2ccccc2)cc(CN2CCOCC2)c1O.Cl. The number of ether oxygens (including phenoxy) is 2. The van der Waals surface area contributed by atoms with Gasteiger partial charge in [-0.1, -0.05) is 42.5 Å². The molecule has 4 aromatic rings. The first-order valence-corrected chi connectivity index (χ1v) is 11.6. The summed E-state index contributed by atoms with van der Waals surface area (Å²) in [5.41, 5.74) is 5.14. The summed E-state index contributed by atoms with van der Waals surface area (Å²) in [4.78, 5) is 7.14. The number of aromatic hydroxyl groups is 1. The van der Waals surface area contributed by atoms with Gasteiger partial charge >= 0.3 is 0 Å². The van der Waals surface area contributed by atoms with Gasteiger partial charge in [0.05, 0.1) is 37.9 Å². The van der Waals surface area contributed by atoms with Gasteiger partial charge in [-0.15, -0.1) is 12.4 Å². The number of benzene rings is 3. The van der Waals surface area contributed by atoms with Crippen molar-refractivity contribution in [1.29, 1.82) is 0 Å². The molecule has 0 bridgehead atoms. The highest BCUT2D eigenvalue weighted by molar-refractivity contribution is 5.85. The molecule has 2 N–H and O–H groups in total. The molecule has 0 aliphatic carbocycles. The standard InChI is InChI=1S/C27H30N4O3.ClH/c1-33-25-16-21(15-22(26(25)32)19-30-11-13-34-14-12-30)17-28-27-29-23-9-5-6-10-24(23)31(27)18-20-7-3-2-4-8-20;/h2-10,15-16,32H,11-14,17-19H2,1H3,(H,28,29);1H. The number of halogens is 1. The van der Waals surface area contributed by atoms with E-state index in [1.807, 2.05) is 36.4 Å². The van der Waals surface area contributed by atoms with Gasteiger partial charge in [0.2, 0.25) is 5.95 Å². The number of methoxy groups -OCH3 is 1. The van der Waals surface area contributed by atoms with Crippen LogP contribution in [0.3, 0.4) is 0 Å². The summed E-state index contributed by atoms with van der Waals surface area (Å²) in [5, 5.41) is 14.2. The minimum atomic E-state index is 0. The Morgan fingerprint density at radius 2 is 1.71 bits per heavy atom. The summed E-state index contributed by atoms with van der Waals surface area (Å²) in [5.74, 6) is 1.50. The molecule has 3 aromatic carbocycles. The van der Waals surface area contributed by atoms with E-state index in [0.29, 0.717) is 18.8 Å². The van der Waals surface area contributed by atoms with Crippen molar-refractivity contribution in [2.75, 3.05) is 38.7 Å². The van der Waals surface area contributed by atoms with E-state index in [1.54, 1.807) is 7.11 Å². The Morgan fingerprint density at radius 3 is 2.49 bits per heavy atom. The molecule has 0 spiro atoms. The van der Waals surface area contributed by atoms with Gasteiger partial charge in [-0.2, -0.15) is 0 Å².